The van der Waals surface area contributed by atoms with Crippen LogP contribution < -0.4 is 10.2 Å². The molecule has 0 spiro atoms. The summed E-state index contributed by atoms with van der Waals surface area (Å²) in [6.45, 7) is 1.41. The van der Waals surface area contributed by atoms with Crippen LogP contribution in [-0.2, 0) is 4.79 Å². The Morgan fingerprint density at radius 3 is 2.74 bits per heavy atom. The highest BCUT2D eigenvalue weighted by Crippen LogP contribution is 2.21. The predicted octanol–water partition coefficient (Wildman–Crippen LogP) is 3.58. The Morgan fingerprint density at radius 1 is 1.22 bits per heavy atom. The molecule has 0 aliphatic rings. The van der Waals surface area contributed by atoms with Crippen molar-refractivity contribution in [3.63, 3.8) is 0 Å². The van der Waals surface area contributed by atoms with Gasteiger partial charge in [0.25, 0.3) is 0 Å². The molecule has 0 aliphatic carbocycles. The maximum Gasteiger partial charge on any atom is 0.230 e. The van der Waals surface area contributed by atoms with Gasteiger partial charge in [-0.25, -0.2) is 13.8 Å². The lowest BCUT2D eigenvalue weighted by Crippen LogP contribution is -2.29. The van der Waals surface area contributed by atoms with E-state index in [1.54, 1.807) is 0 Å². The molecule has 27 heavy (non-hydrogen) atoms. The largest absolute Gasteiger partial charge is 0.375 e. The lowest BCUT2D eigenvalue weighted by Gasteiger charge is -2.19. The number of fused-ring (bicyclic) bond motifs is 1. The van der Waals surface area contributed by atoms with Crippen molar-refractivity contribution >= 4 is 34.4 Å². The highest BCUT2D eigenvalue weighted by atomic mass is 32.2. The van der Waals surface area contributed by atoms with E-state index in [-0.39, 0.29) is 11.7 Å². The highest BCUT2D eigenvalue weighted by molar-refractivity contribution is 7.99. The molecule has 0 unspecified atom stereocenters. The van der Waals surface area contributed by atoms with E-state index in [2.05, 4.69) is 20.2 Å². The van der Waals surface area contributed by atoms with E-state index in [0.717, 1.165) is 30.8 Å². The number of nitrogens with one attached hydrogen (secondary N) is 2. The van der Waals surface area contributed by atoms with Crippen LogP contribution in [0.25, 0.3) is 11.0 Å². The van der Waals surface area contributed by atoms with Gasteiger partial charge in [0, 0.05) is 38.0 Å². The Morgan fingerprint density at radius 2 is 1.96 bits per heavy atom. The first-order valence-electron chi connectivity index (χ1n) is 8.53. The molecule has 0 radical (unpaired) electrons. The minimum Gasteiger partial charge on any atom is -0.375 e. The molecule has 1 amide bonds. The summed E-state index contributed by atoms with van der Waals surface area (Å²) in [4.78, 5) is 21.1. The third-order valence-electron chi connectivity index (χ3n) is 4.03. The SMILES string of the molecule is CN(CCCNC(=O)CSc1nc2cc(F)c(F)cc2[nH]1)c1ccccc1. The van der Waals surface area contributed by atoms with Crippen molar-refractivity contribution in [2.75, 3.05) is 30.8 Å². The van der Waals surface area contributed by atoms with Gasteiger partial charge in [0.2, 0.25) is 5.91 Å². The summed E-state index contributed by atoms with van der Waals surface area (Å²) in [6, 6.07) is 12.1. The van der Waals surface area contributed by atoms with E-state index in [0.29, 0.717) is 22.7 Å². The molecule has 0 atom stereocenters. The summed E-state index contributed by atoms with van der Waals surface area (Å²) in [5.41, 5.74) is 1.87. The molecule has 8 heteroatoms. The zero-order chi connectivity index (χ0) is 19.2. The molecule has 0 saturated heterocycles. The number of carbonyl (C=O) groups is 1. The summed E-state index contributed by atoms with van der Waals surface area (Å²) in [6.07, 6.45) is 0.824. The Labute approximate surface area is 160 Å². The molecule has 5 nitrogen and oxygen atoms in total. The van der Waals surface area contributed by atoms with Gasteiger partial charge in [-0.2, -0.15) is 0 Å². The second-order valence-corrected chi connectivity index (χ2v) is 7.04. The average molecular weight is 390 g/mol. The van der Waals surface area contributed by atoms with E-state index >= 15 is 0 Å². The van der Waals surface area contributed by atoms with Gasteiger partial charge in [0.05, 0.1) is 16.8 Å². The van der Waals surface area contributed by atoms with Crippen LogP contribution in [0.4, 0.5) is 14.5 Å². The maximum absolute atomic E-state index is 13.2. The molecule has 142 valence electrons. The number of H-pyrrole nitrogens is 1. The van der Waals surface area contributed by atoms with E-state index in [1.807, 2.05) is 37.4 Å². The number of halogens is 2. The monoisotopic (exact) mass is 390 g/mol. The number of thioether (sulfide) groups is 1. The first kappa shape index (κ1) is 19.2. The molecule has 3 aromatic rings. The number of nitrogens with zero attached hydrogens (tertiary/aromatic N) is 2. The molecule has 0 fully saturated rings. The number of amides is 1. The maximum atomic E-state index is 13.2. The van der Waals surface area contributed by atoms with Gasteiger partial charge in [-0.05, 0) is 18.6 Å². The summed E-state index contributed by atoms with van der Waals surface area (Å²) < 4.78 is 26.4. The van der Waals surface area contributed by atoms with E-state index in [4.69, 9.17) is 0 Å². The third kappa shape index (κ3) is 5.19. The number of benzene rings is 2. The number of hydrogen-bond acceptors (Lipinski definition) is 4. The van der Waals surface area contributed by atoms with Gasteiger partial charge in [-0.1, -0.05) is 30.0 Å². The number of para-hydroxylation sites is 1. The van der Waals surface area contributed by atoms with E-state index in [9.17, 15) is 13.6 Å². The molecule has 0 aliphatic heterocycles. The molecule has 1 aromatic heterocycles. The summed E-state index contributed by atoms with van der Waals surface area (Å²) in [5.74, 6) is -1.80. The second kappa shape index (κ2) is 8.85. The minimum atomic E-state index is -0.941. The van der Waals surface area contributed by atoms with Gasteiger partial charge < -0.3 is 15.2 Å². The van der Waals surface area contributed by atoms with Crippen LogP contribution in [0.3, 0.4) is 0 Å². The topological polar surface area (TPSA) is 61.0 Å². The molecule has 0 bridgehead atoms. The van der Waals surface area contributed by atoms with Crippen molar-refractivity contribution in [2.24, 2.45) is 0 Å². The fraction of sp³-hybridized carbons (Fsp3) is 0.263. The molecule has 1 heterocycles. The smallest absolute Gasteiger partial charge is 0.230 e. The number of aromatic amines is 1. The summed E-state index contributed by atoms with van der Waals surface area (Å²) >= 11 is 1.19. The van der Waals surface area contributed by atoms with Gasteiger partial charge >= 0.3 is 0 Å². The Bertz CT molecular complexity index is 878. The third-order valence-corrected chi connectivity index (χ3v) is 4.90. The number of anilines is 1. The first-order valence-corrected chi connectivity index (χ1v) is 9.52. The van der Waals surface area contributed by atoms with Crippen molar-refractivity contribution in [3.05, 3.63) is 54.1 Å². The van der Waals surface area contributed by atoms with Crippen LogP contribution in [0, 0.1) is 11.6 Å². The van der Waals surface area contributed by atoms with Gasteiger partial charge in [0.1, 0.15) is 0 Å². The van der Waals surface area contributed by atoms with Crippen LogP contribution in [0.5, 0.6) is 0 Å². The van der Waals surface area contributed by atoms with Gasteiger partial charge in [-0.15, -0.1) is 0 Å². The van der Waals surface area contributed by atoms with Crippen molar-refractivity contribution in [3.8, 4) is 0 Å². The van der Waals surface area contributed by atoms with Crippen LogP contribution in [0.2, 0.25) is 0 Å². The van der Waals surface area contributed by atoms with Crippen molar-refractivity contribution < 1.29 is 13.6 Å². The molecule has 2 aromatic carbocycles. The molecule has 2 N–H and O–H groups in total. The highest BCUT2D eigenvalue weighted by Gasteiger charge is 2.10. The predicted molar refractivity (Wildman–Crippen MR) is 104 cm³/mol. The zero-order valence-electron chi connectivity index (χ0n) is 14.8. The van der Waals surface area contributed by atoms with Crippen molar-refractivity contribution in [1.82, 2.24) is 15.3 Å². The fourth-order valence-corrected chi connectivity index (χ4v) is 3.31. The fourth-order valence-electron chi connectivity index (χ4n) is 2.59. The standard InChI is InChI=1S/C19H20F2N4OS/c1-25(13-6-3-2-4-7-13)9-5-8-22-18(26)12-27-19-23-16-10-14(20)15(21)11-17(16)24-19/h2-4,6-7,10-11H,5,8-9,12H2,1H3,(H,22,26)(H,23,24). The van der Waals surface area contributed by atoms with Crippen LogP contribution in [0.15, 0.2) is 47.6 Å². The lowest BCUT2D eigenvalue weighted by molar-refractivity contribution is -0.118. The molecular weight excluding hydrogens is 370 g/mol. The Balaban J connectivity index is 1.40. The number of carbonyl (C=O) groups excluding carboxylic acids is 1. The second-order valence-electron chi connectivity index (χ2n) is 6.07. The first-order chi connectivity index (χ1) is 13.0. The Kier molecular flexibility index (Phi) is 6.28. The number of aromatic nitrogens is 2. The number of rotatable bonds is 8. The minimum absolute atomic E-state index is 0.111. The zero-order valence-corrected chi connectivity index (χ0v) is 15.7. The normalized spacial score (nSPS) is 10.9. The Hall–Kier alpha value is -2.61. The lowest BCUT2D eigenvalue weighted by atomic mass is 10.3. The molecular formula is C19H20F2N4OS. The molecule has 0 saturated carbocycles. The molecule has 3 rings (SSSR count). The van der Waals surface area contributed by atoms with Gasteiger partial charge in [-0.3, -0.25) is 4.79 Å². The van der Waals surface area contributed by atoms with E-state index < -0.39 is 11.6 Å². The van der Waals surface area contributed by atoms with E-state index in [1.165, 1.54) is 11.8 Å². The number of hydrogen-bond donors (Lipinski definition) is 2. The van der Waals surface area contributed by atoms with Crippen LogP contribution in [-0.4, -0.2) is 41.8 Å². The average Bonchev–Trinajstić information content (AvgIpc) is 3.06. The van der Waals surface area contributed by atoms with Crippen molar-refractivity contribution in [2.45, 2.75) is 11.6 Å². The van der Waals surface area contributed by atoms with Crippen molar-refractivity contribution in [1.29, 1.82) is 0 Å². The van der Waals surface area contributed by atoms with Crippen LogP contribution >= 0.6 is 11.8 Å². The van der Waals surface area contributed by atoms with Gasteiger partial charge in [0.15, 0.2) is 16.8 Å². The number of imidazole rings is 1. The summed E-state index contributed by atoms with van der Waals surface area (Å²) in [5, 5.41) is 3.32. The summed E-state index contributed by atoms with van der Waals surface area (Å²) in [7, 11) is 2.01. The quantitative estimate of drug-likeness (QED) is 0.456. The van der Waals surface area contributed by atoms with Crippen LogP contribution in [0.1, 0.15) is 6.42 Å².